The smallest absolute Gasteiger partial charge is 0.407 e. The molecule has 0 saturated heterocycles. The number of hydrogen-bond acceptors (Lipinski definition) is 4. The molecule has 0 saturated carbocycles. The fourth-order valence-corrected chi connectivity index (χ4v) is 1.82. The van der Waals surface area contributed by atoms with Crippen LogP contribution < -0.4 is 10.1 Å². The van der Waals surface area contributed by atoms with E-state index in [1.54, 1.807) is 27.9 Å². The molecule has 0 aromatic heterocycles. The molecule has 0 fully saturated rings. The Morgan fingerprint density at radius 1 is 1.29 bits per heavy atom. The lowest BCUT2D eigenvalue weighted by molar-refractivity contribution is 0.0479. The first-order valence-corrected chi connectivity index (χ1v) is 7.07. The summed E-state index contributed by atoms with van der Waals surface area (Å²) in [5.74, 6) is 0.810. The van der Waals surface area contributed by atoms with Gasteiger partial charge in [0.05, 0.1) is 19.8 Å². The van der Waals surface area contributed by atoms with Gasteiger partial charge in [0, 0.05) is 0 Å². The van der Waals surface area contributed by atoms with Gasteiger partial charge in [0.2, 0.25) is 0 Å². The minimum Gasteiger partial charge on any atom is -0.497 e. The van der Waals surface area contributed by atoms with Crippen molar-refractivity contribution in [3.63, 3.8) is 0 Å². The molecule has 2 N–H and O–H groups in total. The Morgan fingerprint density at radius 2 is 1.90 bits per heavy atom. The highest BCUT2D eigenvalue weighted by atomic mass is 16.6. The predicted octanol–water partition coefficient (Wildman–Crippen LogP) is 2.51. The molecule has 0 aliphatic rings. The van der Waals surface area contributed by atoms with Gasteiger partial charge in [0.15, 0.2) is 0 Å². The lowest BCUT2D eigenvalue weighted by Gasteiger charge is -2.22. The quantitative estimate of drug-likeness (QED) is 0.846. The molecule has 0 spiro atoms. The van der Waals surface area contributed by atoms with E-state index in [0.29, 0.717) is 6.42 Å². The van der Waals surface area contributed by atoms with Crippen LogP contribution in [0, 0.1) is 0 Å². The van der Waals surface area contributed by atoms with Gasteiger partial charge in [0.25, 0.3) is 0 Å². The van der Waals surface area contributed by atoms with E-state index >= 15 is 0 Å². The summed E-state index contributed by atoms with van der Waals surface area (Å²) in [6.45, 7) is 5.29. The van der Waals surface area contributed by atoms with E-state index in [9.17, 15) is 9.90 Å². The zero-order valence-electron chi connectivity index (χ0n) is 13.2. The molecule has 0 bridgehead atoms. The van der Waals surface area contributed by atoms with Crippen molar-refractivity contribution < 1.29 is 19.4 Å². The van der Waals surface area contributed by atoms with Gasteiger partial charge < -0.3 is 19.9 Å². The molecule has 1 aromatic carbocycles. The number of aliphatic hydroxyl groups excluding tert-OH is 1. The number of benzene rings is 1. The van der Waals surface area contributed by atoms with Crippen molar-refractivity contribution in [2.24, 2.45) is 0 Å². The zero-order chi connectivity index (χ0) is 15.9. The van der Waals surface area contributed by atoms with Crippen LogP contribution in [0.1, 0.15) is 32.8 Å². The SMILES string of the molecule is COc1ccc(CC[C@@H](CO)NC(=O)OC(C)(C)C)cc1. The van der Waals surface area contributed by atoms with Crippen LogP contribution >= 0.6 is 0 Å². The number of rotatable bonds is 6. The molecular formula is C16H25NO4. The van der Waals surface area contributed by atoms with Gasteiger partial charge in [0.1, 0.15) is 11.4 Å². The fraction of sp³-hybridized carbons (Fsp3) is 0.562. The Kier molecular flexibility index (Phi) is 6.49. The molecule has 1 atom stereocenters. The molecule has 21 heavy (non-hydrogen) atoms. The number of aryl methyl sites for hydroxylation is 1. The second kappa shape index (κ2) is 7.88. The van der Waals surface area contributed by atoms with Crippen molar-refractivity contribution in [3.05, 3.63) is 29.8 Å². The maximum atomic E-state index is 11.7. The third kappa shape index (κ3) is 6.99. The van der Waals surface area contributed by atoms with E-state index < -0.39 is 11.7 Å². The Balaban J connectivity index is 2.44. The van der Waals surface area contributed by atoms with Gasteiger partial charge in [-0.15, -0.1) is 0 Å². The fourth-order valence-electron chi connectivity index (χ4n) is 1.82. The van der Waals surface area contributed by atoms with Crippen molar-refractivity contribution in [2.75, 3.05) is 13.7 Å². The van der Waals surface area contributed by atoms with Crippen LogP contribution in [0.25, 0.3) is 0 Å². The standard InChI is InChI=1S/C16H25NO4/c1-16(2,3)21-15(19)17-13(11-18)8-5-12-6-9-14(20-4)10-7-12/h6-7,9-10,13,18H,5,8,11H2,1-4H3,(H,17,19)/t13-/m0/s1. The van der Waals surface area contributed by atoms with E-state index in [0.717, 1.165) is 17.7 Å². The number of carbonyl (C=O) groups is 1. The zero-order valence-corrected chi connectivity index (χ0v) is 13.2. The number of aliphatic hydroxyl groups is 1. The summed E-state index contributed by atoms with van der Waals surface area (Å²) in [5, 5.41) is 12.0. The largest absolute Gasteiger partial charge is 0.497 e. The normalized spacial score (nSPS) is 12.6. The summed E-state index contributed by atoms with van der Waals surface area (Å²) in [5.41, 5.74) is 0.584. The van der Waals surface area contributed by atoms with Crippen molar-refractivity contribution in [1.82, 2.24) is 5.32 Å². The van der Waals surface area contributed by atoms with Crippen LogP contribution in [0.2, 0.25) is 0 Å². The molecule has 0 aliphatic heterocycles. The second-order valence-electron chi connectivity index (χ2n) is 5.91. The molecular weight excluding hydrogens is 270 g/mol. The first-order chi connectivity index (χ1) is 9.84. The number of alkyl carbamates (subject to hydrolysis) is 1. The van der Waals surface area contributed by atoms with E-state index in [2.05, 4.69) is 5.32 Å². The average Bonchev–Trinajstić information content (AvgIpc) is 2.42. The first kappa shape index (κ1) is 17.3. The highest BCUT2D eigenvalue weighted by molar-refractivity contribution is 5.68. The van der Waals surface area contributed by atoms with Gasteiger partial charge in [-0.2, -0.15) is 0 Å². The summed E-state index contributed by atoms with van der Waals surface area (Å²) >= 11 is 0. The highest BCUT2D eigenvalue weighted by Gasteiger charge is 2.19. The maximum absolute atomic E-state index is 11.7. The van der Waals surface area contributed by atoms with Crippen molar-refractivity contribution in [2.45, 2.75) is 45.3 Å². The van der Waals surface area contributed by atoms with E-state index in [1.807, 2.05) is 24.3 Å². The lowest BCUT2D eigenvalue weighted by atomic mass is 10.1. The average molecular weight is 295 g/mol. The summed E-state index contributed by atoms with van der Waals surface area (Å²) in [7, 11) is 1.63. The molecule has 0 heterocycles. The molecule has 5 heteroatoms. The molecule has 0 aliphatic carbocycles. The third-order valence-electron chi connectivity index (χ3n) is 2.88. The van der Waals surface area contributed by atoms with Crippen LogP contribution in [0.15, 0.2) is 24.3 Å². The van der Waals surface area contributed by atoms with Gasteiger partial charge >= 0.3 is 6.09 Å². The number of ether oxygens (including phenoxy) is 2. The maximum Gasteiger partial charge on any atom is 0.407 e. The van der Waals surface area contributed by atoms with Gasteiger partial charge in [-0.25, -0.2) is 4.79 Å². The van der Waals surface area contributed by atoms with E-state index in [-0.39, 0.29) is 12.6 Å². The molecule has 0 radical (unpaired) electrons. The van der Waals surface area contributed by atoms with Crippen LogP contribution in [0.5, 0.6) is 5.75 Å². The molecule has 1 aromatic rings. The summed E-state index contributed by atoms with van der Waals surface area (Å²) < 4.78 is 10.3. The molecule has 118 valence electrons. The summed E-state index contributed by atoms with van der Waals surface area (Å²) in [6.07, 6.45) is 0.892. The Labute approximate surface area is 126 Å². The molecule has 0 unspecified atom stereocenters. The highest BCUT2D eigenvalue weighted by Crippen LogP contribution is 2.13. The van der Waals surface area contributed by atoms with Crippen LogP contribution in [-0.2, 0) is 11.2 Å². The van der Waals surface area contributed by atoms with Crippen LogP contribution in [0.3, 0.4) is 0 Å². The summed E-state index contributed by atoms with van der Waals surface area (Å²) in [6, 6.07) is 7.42. The van der Waals surface area contributed by atoms with Crippen molar-refractivity contribution in [1.29, 1.82) is 0 Å². The van der Waals surface area contributed by atoms with Crippen LogP contribution in [-0.4, -0.2) is 36.6 Å². The molecule has 5 nitrogen and oxygen atoms in total. The Bertz CT molecular complexity index is 437. The molecule has 1 amide bonds. The number of nitrogens with one attached hydrogen (secondary N) is 1. The van der Waals surface area contributed by atoms with Gasteiger partial charge in [-0.1, -0.05) is 12.1 Å². The summed E-state index contributed by atoms with van der Waals surface area (Å²) in [4.78, 5) is 11.7. The predicted molar refractivity (Wildman–Crippen MR) is 81.6 cm³/mol. The number of hydrogen-bond donors (Lipinski definition) is 2. The lowest BCUT2D eigenvalue weighted by Crippen LogP contribution is -2.41. The minimum atomic E-state index is -0.542. The molecule has 1 rings (SSSR count). The van der Waals surface area contributed by atoms with Gasteiger partial charge in [-0.3, -0.25) is 0 Å². The number of carbonyl (C=O) groups excluding carboxylic acids is 1. The van der Waals surface area contributed by atoms with Crippen molar-refractivity contribution >= 4 is 6.09 Å². The first-order valence-electron chi connectivity index (χ1n) is 7.07. The van der Waals surface area contributed by atoms with Crippen molar-refractivity contribution in [3.8, 4) is 5.75 Å². The second-order valence-corrected chi connectivity index (χ2v) is 5.91. The third-order valence-corrected chi connectivity index (χ3v) is 2.88. The number of amides is 1. The Morgan fingerprint density at radius 3 is 2.38 bits per heavy atom. The minimum absolute atomic E-state index is 0.116. The van der Waals surface area contributed by atoms with E-state index in [1.165, 1.54) is 0 Å². The van der Waals surface area contributed by atoms with Crippen LogP contribution in [0.4, 0.5) is 4.79 Å². The Hall–Kier alpha value is -1.75. The number of methoxy groups -OCH3 is 1. The van der Waals surface area contributed by atoms with Gasteiger partial charge in [-0.05, 0) is 51.3 Å². The van der Waals surface area contributed by atoms with E-state index in [4.69, 9.17) is 9.47 Å². The monoisotopic (exact) mass is 295 g/mol. The topological polar surface area (TPSA) is 67.8 Å².